The molecule has 0 N–H and O–H groups in total. The molecule has 0 aromatic heterocycles. The van der Waals surface area contributed by atoms with Gasteiger partial charge in [0.25, 0.3) is 5.69 Å². The van der Waals surface area contributed by atoms with E-state index in [-0.39, 0.29) is 38.6 Å². The van der Waals surface area contributed by atoms with E-state index >= 15 is 0 Å². The lowest BCUT2D eigenvalue weighted by atomic mass is 10.1. The summed E-state index contributed by atoms with van der Waals surface area (Å²) in [5, 5.41) is 10.9. The van der Waals surface area contributed by atoms with Crippen LogP contribution in [-0.2, 0) is 29.2 Å². The van der Waals surface area contributed by atoms with Crippen LogP contribution in [0.25, 0.3) is 12.2 Å². The second-order valence-corrected chi connectivity index (χ2v) is 8.95. The van der Waals surface area contributed by atoms with Crippen molar-refractivity contribution in [3.05, 3.63) is 63.2 Å². The van der Waals surface area contributed by atoms with Crippen LogP contribution < -0.4 is 9.47 Å². The molecule has 2 aromatic rings. The van der Waals surface area contributed by atoms with Crippen LogP contribution in [0.5, 0.6) is 11.5 Å². The zero-order valence-electron chi connectivity index (χ0n) is 19.7. The smallest absolute Gasteiger partial charge is 0.335 e. The van der Waals surface area contributed by atoms with Gasteiger partial charge in [0.1, 0.15) is 11.5 Å². The standard InChI is InChI=1S/C23H30NO9P/c1-5-32-34(27,33-6-2)15-19-13-22(30-16-28-3)21(23(14-19)31-17-29-4)12-9-18-7-10-20(11-8-18)24(25)26/h7-14H,5-6,15-17H2,1-4H3/b12-9+. The summed E-state index contributed by atoms with van der Waals surface area (Å²) in [6.07, 6.45) is 3.54. The maximum Gasteiger partial charge on any atom is 0.335 e. The van der Waals surface area contributed by atoms with Gasteiger partial charge in [0.15, 0.2) is 13.6 Å². The zero-order valence-corrected chi connectivity index (χ0v) is 20.6. The third-order valence-corrected chi connectivity index (χ3v) is 6.46. The predicted octanol–water partition coefficient (Wildman–Crippen LogP) is 5.50. The zero-order chi connectivity index (χ0) is 25.0. The maximum absolute atomic E-state index is 13.1. The highest BCUT2D eigenvalue weighted by molar-refractivity contribution is 7.53. The van der Waals surface area contributed by atoms with Gasteiger partial charge in [0.2, 0.25) is 0 Å². The van der Waals surface area contributed by atoms with E-state index in [0.717, 1.165) is 5.56 Å². The fourth-order valence-electron chi connectivity index (χ4n) is 3.03. The normalized spacial score (nSPS) is 11.6. The Kier molecular flexibility index (Phi) is 11.2. The molecule has 34 heavy (non-hydrogen) atoms. The molecule has 0 aliphatic heterocycles. The van der Waals surface area contributed by atoms with Crippen molar-refractivity contribution >= 4 is 25.4 Å². The Labute approximate surface area is 199 Å². The third-order valence-electron chi connectivity index (χ3n) is 4.40. The average molecular weight is 495 g/mol. The molecule has 0 aliphatic rings. The van der Waals surface area contributed by atoms with Gasteiger partial charge in [-0.3, -0.25) is 14.7 Å². The first-order valence-electron chi connectivity index (χ1n) is 10.6. The van der Waals surface area contributed by atoms with Crippen molar-refractivity contribution in [1.29, 1.82) is 0 Å². The van der Waals surface area contributed by atoms with Crippen LogP contribution in [0.15, 0.2) is 36.4 Å². The van der Waals surface area contributed by atoms with Gasteiger partial charge in [0.05, 0.1) is 29.9 Å². The molecule has 11 heteroatoms. The first-order valence-corrected chi connectivity index (χ1v) is 12.3. The third kappa shape index (κ3) is 8.23. The summed E-state index contributed by atoms with van der Waals surface area (Å²) in [7, 11) is -0.377. The van der Waals surface area contributed by atoms with Crippen LogP contribution in [0.4, 0.5) is 5.69 Å². The molecule has 0 unspecified atom stereocenters. The summed E-state index contributed by atoms with van der Waals surface area (Å²) in [6.45, 7) is 3.93. The summed E-state index contributed by atoms with van der Waals surface area (Å²) in [5.74, 6) is 0.839. The maximum atomic E-state index is 13.1. The molecule has 0 heterocycles. The molecular weight excluding hydrogens is 465 g/mol. The van der Waals surface area contributed by atoms with E-state index in [2.05, 4.69) is 0 Å². The fourth-order valence-corrected chi connectivity index (χ4v) is 4.70. The summed E-state index contributed by atoms with van der Waals surface area (Å²) >= 11 is 0. The number of nitro benzene ring substituents is 1. The molecule has 0 amide bonds. The quantitative estimate of drug-likeness (QED) is 0.104. The van der Waals surface area contributed by atoms with E-state index < -0.39 is 12.5 Å². The van der Waals surface area contributed by atoms with E-state index in [4.69, 9.17) is 28.0 Å². The van der Waals surface area contributed by atoms with Gasteiger partial charge in [-0.1, -0.05) is 6.08 Å². The molecule has 0 aliphatic carbocycles. The van der Waals surface area contributed by atoms with Gasteiger partial charge < -0.3 is 28.0 Å². The fraction of sp³-hybridized carbons (Fsp3) is 0.391. The molecule has 0 saturated carbocycles. The minimum Gasteiger partial charge on any atom is -0.467 e. The number of benzene rings is 2. The predicted molar refractivity (Wildman–Crippen MR) is 128 cm³/mol. The van der Waals surface area contributed by atoms with Gasteiger partial charge in [-0.15, -0.1) is 0 Å². The molecule has 0 saturated heterocycles. The number of nitro groups is 1. The van der Waals surface area contributed by atoms with Gasteiger partial charge in [-0.05, 0) is 55.3 Å². The summed E-state index contributed by atoms with van der Waals surface area (Å²) in [6, 6.07) is 9.56. The van der Waals surface area contributed by atoms with Crippen molar-refractivity contribution in [2.75, 3.05) is 41.0 Å². The molecule has 0 spiro atoms. The Balaban J connectivity index is 2.49. The van der Waals surface area contributed by atoms with Gasteiger partial charge >= 0.3 is 7.60 Å². The second kappa shape index (κ2) is 13.8. The van der Waals surface area contributed by atoms with Gasteiger partial charge in [-0.2, -0.15) is 0 Å². The Morgan fingerprint density at radius 1 is 0.912 bits per heavy atom. The van der Waals surface area contributed by atoms with Crippen LogP contribution in [0.1, 0.15) is 30.5 Å². The minimum absolute atomic E-state index is 0.00256. The van der Waals surface area contributed by atoms with E-state index in [1.54, 1.807) is 50.3 Å². The highest BCUT2D eigenvalue weighted by Gasteiger charge is 2.26. The molecule has 186 valence electrons. The SMILES string of the molecule is CCOP(=O)(Cc1cc(OCOC)c(/C=C/c2ccc([N+](=O)[O-])cc2)c(OCOC)c1)OCC. The van der Waals surface area contributed by atoms with Crippen molar-refractivity contribution in [2.24, 2.45) is 0 Å². The monoisotopic (exact) mass is 495 g/mol. The molecule has 2 aromatic carbocycles. The Morgan fingerprint density at radius 3 is 1.88 bits per heavy atom. The van der Waals surface area contributed by atoms with Crippen molar-refractivity contribution in [3.63, 3.8) is 0 Å². The highest BCUT2D eigenvalue weighted by atomic mass is 31.2. The molecule has 0 radical (unpaired) electrons. The second-order valence-electron chi connectivity index (χ2n) is 6.89. The van der Waals surface area contributed by atoms with Gasteiger partial charge in [-0.25, -0.2) is 0 Å². The van der Waals surface area contributed by atoms with Crippen LogP contribution >= 0.6 is 7.60 Å². The lowest BCUT2D eigenvalue weighted by Gasteiger charge is -2.20. The number of ether oxygens (including phenoxy) is 4. The molecule has 0 fully saturated rings. The summed E-state index contributed by atoms with van der Waals surface area (Å²) in [5.41, 5.74) is 1.94. The Morgan fingerprint density at radius 2 is 1.44 bits per heavy atom. The van der Waals surface area contributed by atoms with E-state index in [9.17, 15) is 14.7 Å². The number of hydrogen-bond donors (Lipinski definition) is 0. The van der Waals surface area contributed by atoms with Crippen LogP contribution in [0.2, 0.25) is 0 Å². The number of rotatable bonds is 15. The Hall–Kier alpha value is -2.75. The average Bonchev–Trinajstić information content (AvgIpc) is 2.81. The Bertz CT molecular complexity index is 969. The van der Waals surface area contributed by atoms with E-state index in [1.807, 2.05) is 0 Å². The number of nitrogens with zero attached hydrogens (tertiary/aromatic N) is 1. The molecule has 0 bridgehead atoms. The van der Waals surface area contributed by atoms with Crippen LogP contribution in [0, 0.1) is 10.1 Å². The van der Waals surface area contributed by atoms with Crippen molar-refractivity contribution < 1.29 is 37.5 Å². The van der Waals surface area contributed by atoms with Crippen molar-refractivity contribution in [2.45, 2.75) is 20.0 Å². The van der Waals surface area contributed by atoms with E-state index in [1.165, 1.54) is 26.4 Å². The lowest BCUT2D eigenvalue weighted by molar-refractivity contribution is -0.384. The van der Waals surface area contributed by atoms with Crippen LogP contribution in [0.3, 0.4) is 0 Å². The highest BCUT2D eigenvalue weighted by Crippen LogP contribution is 2.52. The molecule has 10 nitrogen and oxygen atoms in total. The van der Waals surface area contributed by atoms with Crippen molar-refractivity contribution in [1.82, 2.24) is 0 Å². The number of non-ortho nitro benzene ring substituents is 1. The molecular formula is C23H30NO9P. The minimum atomic E-state index is -3.37. The lowest BCUT2D eigenvalue weighted by Crippen LogP contribution is -2.06. The first-order chi connectivity index (χ1) is 16.4. The number of hydrogen-bond acceptors (Lipinski definition) is 9. The number of methoxy groups -OCH3 is 2. The first kappa shape index (κ1) is 27.5. The topological polar surface area (TPSA) is 116 Å². The van der Waals surface area contributed by atoms with Crippen molar-refractivity contribution in [3.8, 4) is 11.5 Å². The molecule has 2 rings (SSSR count). The largest absolute Gasteiger partial charge is 0.467 e. The molecule has 0 atom stereocenters. The van der Waals surface area contributed by atoms with Gasteiger partial charge in [0, 0.05) is 26.4 Å². The summed E-state index contributed by atoms with van der Waals surface area (Å²) < 4.78 is 45.6. The summed E-state index contributed by atoms with van der Waals surface area (Å²) in [4.78, 5) is 10.4. The van der Waals surface area contributed by atoms with E-state index in [0.29, 0.717) is 22.6 Å². The van der Waals surface area contributed by atoms with Crippen LogP contribution in [-0.4, -0.2) is 45.9 Å².